The number of hydrogen-bond donors (Lipinski definition) is 3. The molecule has 11 heavy (non-hydrogen) atoms. The smallest absolute Gasteiger partial charge is 0.394 e. The predicted octanol–water partition coefficient (Wildman–Crippen LogP) is -0.508. The van der Waals surface area contributed by atoms with Gasteiger partial charge < -0.3 is 15.5 Å². The summed E-state index contributed by atoms with van der Waals surface area (Å²) in [6.07, 6.45) is -5.40. The second kappa shape index (κ2) is 4.53. The molecule has 0 rings (SSSR count). The molecule has 0 spiro atoms. The summed E-state index contributed by atoms with van der Waals surface area (Å²) in [6, 6.07) is 0. The summed E-state index contributed by atoms with van der Waals surface area (Å²) in [6.45, 7) is -1.94. The molecule has 0 saturated heterocycles. The fraction of sp³-hybridized carbons (Fsp3) is 1.00. The Hall–Kier alpha value is -0.330. The maximum absolute atomic E-state index is 11.4. The van der Waals surface area contributed by atoms with Gasteiger partial charge in [0.25, 0.3) is 0 Å². The van der Waals surface area contributed by atoms with Gasteiger partial charge in [-0.15, -0.1) is 0 Å². The lowest BCUT2D eigenvalue weighted by Crippen LogP contribution is -2.35. The molecule has 0 unspecified atom stereocenters. The summed E-state index contributed by atoms with van der Waals surface area (Å²) >= 11 is 0. The largest absolute Gasteiger partial charge is 0.401 e. The van der Waals surface area contributed by atoms with Gasteiger partial charge in [-0.05, 0) is 0 Å². The Morgan fingerprint density at radius 2 is 1.91 bits per heavy atom. The van der Waals surface area contributed by atoms with E-state index < -0.39 is 25.4 Å². The number of halogens is 3. The molecular weight excluding hydrogens is 163 g/mol. The predicted molar refractivity (Wildman–Crippen MR) is 32.0 cm³/mol. The molecule has 0 aromatic heterocycles. The molecule has 3 N–H and O–H groups in total. The SMILES string of the molecule is OC[C@@H](O)CNCC(F)(F)F. The molecule has 0 fully saturated rings. The van der Waals surface area contributed by atoms with Crippen LogP contribution in [-0.4, -0.2) is 42.2 Å². The van der Waals surface area contributed by atoms with Gasteiger partial charge in [0.2, 0.25) is 0 Å². The molecule has 0 aromatic rings. The van der Waals surface area contributed by atoms with Gasteiger partial charge in [0.1, 0.15) is 0 Å². The van der Waals surface area contributed by atoms with E-state index >= 15 is 0 Å². The van der Waals surface area contributed by atoms with Gasteiger partial charge in [-0.2, -0.15) is 13.2 Å². The van der Waals surface area contributed by atoms with E-state index in [-0.39, 0.29) is 6.54 Å². The lowest BCUT2D eigenvalue weighted by atomic mass is 10.4. The maximum atomic E-state index is 11.4. The van der Waals surface area contributed by atoms with E-state index in [0.29, 0.717) is 0 Å². The molecule has 6 heteroatoms. The van der Waals surface area contributed by atoms with Crippen LogP contribution in [0.5, 0.6) is 0 Å². The molecule has 0 bridgehead atoms. The second-order valence-corrected chi connectivity index (χ2v) is 2.08. The van der Waals surface area contributed by atoms with Crippen molar-refractivity contribution in [2.45, 2.75) is 12.3 Å². The van der Waals surface area contributed by atoms with Crippen molar-refractivity contribution in [3.05, 3.63) is 0 Å². The first-order chi connectivity index (χ1) is 4.95. The van der Waals surface area contributed by atoms with Crippen molar-refractivity contribution in [1.82, 2.24) is 5.32 Å². The Balaban J connectivity index is 3.28. The first-order valence-corrected chi connectivity index (χ1v) is 3.02. The van der Waals surface area contributed by atoms with Crippen LogP contribution < -0.4 is 5.32 Å². The van der Waals surface area contributed by atoms with Gasteiger partial charge in [0, 0.05) is 6.54 Å². The number of aliphatic hydroxyl groups is 2. The van der Waals surface area contributed by atoms with E-state index in [1.54, 1.807) is 0 Å². The minimum absolute atomic E-state index is 0.254. The molecule has 0 saturated carbocycles. The van der Waals surface area contributed by atoms with Gasteiger partial charge in [0.05, 0.1) is 19.3 Å². The van der Waals surface area contributed by atoms with Crippen molar-refractivity contribution in [3.8, 4) is 0 Å². The third-order valence-electron chi connectivity index (χ3n) is 0.916. The van der Waals surface area contributed by atoms with Crippen LogP contribution in [-0.2, 0) is 0 Å². The van der Waals surface area contributed by atoms with Crippen LogP contribution in [0.15, 0.2) is 0 Å². The molecule has 0 amide bonds. The Morgan fingerprint density at radius 1 is 1.36 bits per heavy atom. The second-order valence-electron chi connectivity index (χ2n) is 2.08. The normalized spacial score (nSPS) is 15.0. The van der Waals surface area contributed by atoms with Crippen molar-refractivity contribution in [3.63, 3.8) is 0 Å². The van der Waals surface area contributed by atoms with Gasteiger partial charge in [-0.25, -0.2) is 0 Å². The van der Waals surface area contributed by atoms with Gasteiger partial charge >= 0.3 is 6.18 Å². The summed E-state index contributed by atoms with van der Waals surface area (Å²) in [7, 11) is 0. The van der Waals surface area contributed by atoms with Crippen LogP contribution in [0.1, 0.15) is 0 Å². The minimum Gasteiger partial charge on any atom is -0.394 e. The highest BCUT2D eigenvalue weighted by atomic mass is 19.4. The molecule has 0 aromatic carbocycles. The Bertz CT molecular complexity index is 106. The van der Waals surface area contributed by atoms with Crippen molar-refractivity contribution in [2.75, 3.05) is 19.7 Å². The summed E-state index contributed by atoms with van der Waals surface area (Å²) in [5, 5.41) is 18.7. The summed E-state index contributed by atoms with van der Waals surface area (Å²) in [4.78, 5) is 0. The zero-order chi connectivity index (χ0) is 8.91. The van der Waals surface area contributed by atoms with E-state index in [9.17, 15) is 13.2 Å². The quantitative estimate of drug-likeness (QED) is 0.536. The van der Waals surface area contributed by atoms with E-state index in [2.05, 4.69) is 0 Å². The van der Waals surface area contributed by atoms with E-state index in [0.717, 1.165) is 0 Å². The molecule has 0 heterocycles. The highest BCUT2D eigenvalue weighted by Gasteiger charge is 2.26. The summed E-state index contributed by atoms with van der Waals surface area (Å²) in [5.74, 6) is 0. The van der Waals surface area contributed by atoms with Crippen molar-refractivity contribution in [2.24, 2.45) is 0 Å². The van der Waals surface area contributed by atoms with Gasteiger partial charge in [-0.3, -0.25) is 0 Å². The lowest BCUT2D eigenvalue weighted by Gasteiger charge is -2.10. The van der Waals surface area contributed by atoms with E-state index in [1.165, 1.54) is 0 Å². The molecule has 0 radical (unpaired) electrons. The Labute approximate surface area is 61.8 Å². The van der Waals surface area contributed by atoms with E-state index in [4.69, 9.17) is 10.2 Å². The van der Waals surface area contributed by atoms with Crippen molar-refractivity contribution >= 4 is 0 Å². The molecule has 1 atom stereocenters. The number of alkyl halides is 3. The zero-order valence-corrected chi connectivity index (χ0v) is 5.73. The highest BCUT2D eigenvalue weighted by molar-refractivity contribution is 4.60. The third-order valence-corrected chi connectivity index (χ3v) is 0.916. The van der Waals surface area contributed by atoms with Crippen LogP contribution in [0, 0.1) is 0 Å². The van der Waals surface area contributed by atoms with Crippen molar-refractivity contribution in [1.29, 1.82) is 0 Å². The van der Waals surface area contributed by atoms with E-state index in [1.807, 2.05) is 5.32 Å². The monoisotopic (exact) mass is 173 g/mol. The standard InChI is InChI=1S/C5H10F3NO2/c6-5(7,8)3-9-1-4(11)2-10/h4,9-11H,1-3H2/t4-/m0/s1. The molecule has 3 nitrogen and oxygen atoms in total. The summed E-state index contributed by atoms with van der Waals surface area (Å²) < 4.78 is 34.2. The first kappa shape index (κ1) is 10.7. The third kappa shape index (κ3) is 7.57. The van der Waals surface area contributed by atoms with Crippen LogP contribution in [0.2, 0.25) is 0 Å². The van der Waals surface area contributed by atoms with Crippen molar-refractivity contribution < 1.29 is 23.4 Å². The van der Waals surface area contributed by atoms with Crippen LogP contribution in [0.25, 0.3) is 0 Å². The molecule has 68 valence electrons. The number of hydrogen-bond acceptors (Lipinski definition) is 3. The van der Waals surface area contributed by atoms with Crippen LogP contribution in [0.4, 0.5) is 13.2 Å². The lowest BCUT2D eigenvalue weighted by molar-refractivity contribution is -0.125. The molecule has 0 aliphatic rings. The average Bonchev–Trinajstić information content (AvgIpc) is 1.85. The maximum Gasteiger partial charge on any atom is 0.401 e. The first-order valence-electron chi connectivity index (χ1n) is 3.02. The zero-order valence-electron chi connectivity index (χ0n) is 5.73. The fourth-order valence-corrected chi connectivity index (χ4v) is 0.445. The average molecular weight is 173 g/mol. The Morgan fingerprint density at radius 3 is 2.27 bits per heavy atom. The molecule has 0 aliphatic heterocycles. The number of nitrogens with one attached hydrogen (secondary N) is 1. The number of rotatable bonds is 4. The topological polar surface area (TPSA) is 52.5 Å². The minimum atomic E-state index is -4.27. The Kier molecular flexibility index (Phi) is 4.39. The van der Waals surface area contributed by atoms with Crippen LogP contribution >= 0.6 is 0 Å². The van der Waals surface area contributed by atoms with Gasteiger partial charge in [0.15, 0.2) is 0 Å². The number of aliphatic hydroxyl groups excluding tert-OH is 2. The molecular formula is C5H10F3NO2. The van der Waals surface area contributed by atoms with Gasteiger partial charge in [-0.1, -0.05) is 0 Å². The summed E-state index contributed by atoms with van der Waals surface area (Å²) in [5.41, 5.74) is 0. The highest BCUT2D eigenvalue weighted by Crippen LogP contribution is 2.11. The molecule has 0 aliphatic carbocycles. The van der Waals surface area contributed by atoms with Crippen LogP contribution in [0.3, 0.4) is 0 Å². The fourth-order valence-electron chi connectivity index (χ4n) is 0.445.